The van der Waals surface area contributed by atoms with Crippen molar-refractivity contribution in [2.75, 3.05) is 13.1 Å². The van der Waals surface area contributed by atoms with E-state index in [0.717, 1.165) is 17.5 Å². The number of aryl methyl sites for hydroxylation is 1. The van der Waals surface area contributed by atoms with E-state index in [1.165, 1.54) is 24.1 Å². The second-order valence-electron chi connectivity index (χ2n) is 5.11. The lowest BCUT2D eigenvalue weighted by atomic mass is 9.85. The highest BCUT2D eigenvalue weighted by atomic mass is 127. The van der Waals surface area contributed by atoms with E-state index in [-0.39, 0.29) is 24.0 Å². The van der Waals surface area contributed by atoms with Gasteiger partial charge in [0.1, 0.15) is 0 Å². The van der Waals surface area contributed by atoms with Crippen LogP contribution in [0.3, 0.4) is 0 Å². The van der Waals surface area contributed by atoms with Crippen LogP contribution in [0.1, 0.15) is 42.0 Å². The van der Waals surface area contributed by atoms with E-state index in [2.05, 4.69) is 29.1 Å². The summed E-state index contributed by atoms with van der Waals surface area (Å²) in [6.45, 7) is 5.89. The number of aliphatic imine (C=N–C) groups is 1. The molecular weight excluding hydrogens is 371 g/mol. The van der Waals surface area contributed by atoms with Gasteiger partial charge in [0.2, 0.25) is 0 Å². The molecule has 1 saturated carbocycles. The molecular formula is C13H23IN4S. The molecule has 2 rings (SSSR count). The highest BCUT2D eigenvalue weighted by Gasteiger charge is 2.16. The third kappa shape index (κ3) is 5.25. The smallest absolute Gasteiger partial charge is 0.188 e. The van der Waals surface area contributed by atoms with Crippen molar-refractivity contribution in [3.8, 4) is 0 Å². The number of hydrogen-bond acceptors (Lipinski definition) is 3. The Hall–Kier alpha value is -0.370. The highest BCUT2D eigenvalue weighted by Crippen LogP contribution is 2.25. The largest absolute Gasteiger partial charge is 0.370 e. The zero-order valence-corrected chi connectivity index (χ0v) is 14.7. The standard InChI is InChI=1S/C13H22N4S.HI/c1-9(12-15-7-10(2)18-12)6-16-13(14)17-8-11-4-3-5-11;/h7,9,11H,3-6,8H2,1-2H3,(H3,14,16,17);1H. The molecule has 1 aliphatic carbocycles. The summed E-state index contributed by atoms with van der Waals surface area (Å²) in [7, 11) is 0. The van der Waals surface area contributed by atoms with Gasteiger partial charge in [-0.15, -0.1) is 35.3 Å². The van der Waals surface area contributed by atoms with Crippen LogP contribution in [-0.2, 0) is 0 Å². The van der Waals surface area contributed by atoms with Crippen LogP contribution in [0.2, 0.25) is 0 Å². The first-order chi connectivity index (χ1) is 8.65. The van der Waals surface area contributed by atoms with Crippen molar-refractivity contribution >= 4 is 41.3 Å². The Morgan fingerprint density at radius 1 is 1.63 bits per heavy atom. The quantitative estimate of drug-likeness (QED) is 0.459. The van der Waals surface area contributed by atoms with Crippen LogP contribution < -0.4 is 11.1 Å². The molecule has 0 radical (unpaired) electrons. The first-order valence-electron chi connectivity index (χ1n) is 6.61. The van der Waals surface area contributed by atoms with Gasteiger partial charge in [-0.3, -0.25) is 4.99 Å². The molecule has 4 nitrogen and oxygen atoms in total. The molecule has 1 unspecified atom stereocenters. The minimum atomic E-state index is 0. The Kier molecular flexibility index (Phi) is 7.06. The minimum absolute atomic E-state index is 0. The molecule has 1 fully saturated rings. The fourth-order valence-corrected chi connectivity index (χ4v) is 2.73. The lowest BCUT2D eigenvalue weighted by Crippen LogP contribution is -2.37. The Bertz CT molecular complexity index is 415. The maximum absolute atomic E-state index is 5.85. The van der Waals surface area contributed by atoms with Crippen molar-refractivity contribution in [1.82, 2.24) is 10.3 Å². The third-order valence-corrected chi connectivity index (χ3v) is 4.54. The lowest BCUT2D eigenvalue weighted by Gasteiger charge is -2.25. The monoisotopic (exact) mass is 394 g/mol. The zero-order valence-electron chi connectivity index (χ0n) is 11.6. The van der Waals surface area contributed by atoms with Gasteiger partial charge in [-0.1, -0.05) is 13.3 Å². The van der Waals surface area contributed by atoms with E-state index in [4.69, 9.17) is 5.73 Å². The van der Waals surface area contributed by atoms with Crippen LogP contribution in [0.4, 0.5) is 0 Å². The number of rotatable bonds is 5. The summed E-state index contributed by atoms with van der Waals surface area (Å²) in [6.07, 6.45) is 5.94. The number of thiazole rings is 1. The Labute approximate surface area is 136 Å². The molecule has 0 bridgehead atoms. The summed E-state index contributed by atoms with van der Waals surface area (Å²) in [5.74, 6) is 1.72. The van der Waals surface area contributed by atoms with Gasteiger partial charge < -0.3 is 11.1 Å². The van der Waals surface area contributed by atoms with Crippen molar-refractivity contribution < 1.29 is 0 Å². The third-order valence-electron chi connectivity index (χ3n) is 3.39. The molecule has 0 spiro atoms. The van der Waals surface area contributed by atoms with Crippen molar-refractivity contribution in [3.05, 3.63) is 16.1 Å². The van der Waals surface area contributed by atoms with Crippen LogP contribution in [0, 0.1) is 12.8 Å². The van der Waals surface area contributed by atoms with E-state index in [0.29, 0.717) is 18.4 Å². The van der Waals surface area contributed by atoms with Crippen LogP contribution in [0.15, 0.2) is 11.2 Å². The molecule has 108 valence electrons. The van der Waals surface area contributed by atoms with Gasteiger partial charge in [0.25, 0.3) is 0 Å². The first-order valence-corrected chi connectivity index (χ1v) is 7.43. The van der Waals surface area contributed by atoms with Crippen LogP contribution in [0.5, 0.6) is 0 Å². The van der Waals surface area contributed by atoms with Crippen molar-refractivity contribution in [2.24, 2.45) is 16.6 Å². The summed E-state index contributed by atoms with van der Waals surface area (Å²) in [4.78, 5) is 10.0. The Morgan fingerprint density at radius 3 is 2.89 bits per heavy atom. The van der Waals surface area contributed by atoms with E-state index in [1.54, 1.807) is 11.3 Å². The molecule has 1 aromatic heterocycles. The van der Waals surface area contributed by atoms with Crippen LogP contribution in [-0.4, -0.2) is 24.0 Å². The second kappa shape index (κ2) is 8.04. The number of aromatic nitrogens is 1. The fraction of sp³-hybridized carbons (Fsp3) is 0.692. The summed E-state index contributed by atoms with van der Waals surface area (Å²) in [6, 6.07) is 0. The van der Waals surface area contributed by atoms with Gasteiger partial charge in [-0.25, -0.2) is 4.98 Å². The van der Waals surface area contributed by atoms with E-state index < -0.39 is 0 Å². The van der Waals surface area contributed by atoms with Gasteiger partial charge in [0.15, 0.2) is 5.96 Å². The molecule has 1 atom stereocenters. The first kappa shape index (κ1) is 16.7. The van der Waals surface area contributed by atoms with Crippen molar-refractivity contribution in [1.29, 1.82) is 0 Å². The summed E-state index contributed by atoms with van der Waals surface area (Å²) in [5.41, 5.74) is 5.85. The Balaban J connectivity index is 0.00000180. The average Bonchev–Trinajstić information content (AvgIpc) is 2.70. The molecule has 0 amide bonds. The molecule has 3 N–H and O–H groups in total. The topological polar surface area (TPSA) is 63.3 Å². The summed E-state index contributed by atoms with van der Waals surface area (Å²) < 4.78 is 0. The molecule has 1 aromatic rings. The number of hydrogen-bond donors (Lipinski definition) is 2. The fourth-order valence-electron chi connectivity index (χ4n) is 1.92. The van der Waals surface area contributed by atoms with Gasteiger partial charge >= 0.3 is 0 Å². The number of nitrogens with one attached hydrogen (secondary N) is 1. The van der Waals surface area contributed by atoms with Crippen LogP contribution in [0.25, 0.3) is 0 Å². The van der Waals surface area contributed by atoms with Crippen molar-refractivity contribution in [3.63, 3.8) is 0 Å². The Morgan fingerprint density at radius 2 is 2.37 bits per heavy atom. The SMILES string of the molecule is Cc1cnc(C(C)CN=C(N)NCC2CCC2)s1.I. The summed E-state index contributed by atoms with van der Waals surface area (Å²) in [5, 5.41) is 4.35. The average molecular weight is 394 g/mol. The molecule has 19 heavy (non-hydrogen) atoms. The molecule has 1 aliphatic rings. The van der Waals surface area contributed by atoms with Crippen LogP contribution >= 0.6 is 35.3 Å². The van der Waals surface area contributed by atoms with E-state index in [1.807, 2.05) is 6.20 Å². The number of nitrogens with zero attached hydrogens (tertiary/aromatic N) is 2. The minimum Gasteiger partial charge on any atom is -0.370 e. The van der Waals surface area contributed by atoms with E-state index >= 15 is 0 Å². The predicted molar refractivity (Wildman–Crippen MR) is 92.5 cm³/mol. The lowest BCUT2D eigenvalue weighted by molar-refractivity contribution is 0.315. The normalized spacial score (nSPS) is 17.5. The van der Waals surface area contributed by atoms with Gasteiger partial charge in [-0.05, 0) is 25.7 Å². The number of nitrogens with two attached hydrogens (primary N) is 1. The predicted octanol–water partition coefficient (Wildman–Crippen LogP) is 2.88. The molecule has 0 aromatic carbocycles. The zero-order chi connectivity index (χ0) is 13.0. The number of halogens is 1. The summed E-state index contributed by atoms with van der Waals surface area (Å²) >= 11 is 1.74. The molecule has 0 saturated heterocycles. The van der Waals surface area contributed by atoms with Gasteiger partial charge in [0, 0.05) is 23.5 Å². The van der Waals surface area contributed by atoms with Gasteiger partial charge in [0.05, 0.1) is 11.6 Å². The maximum Gasteiger partial charge on any atom is 0.188 e. The van der Waals surface area contributed by atoms with Gasteiger partial charge in [-0.2, -0.15) is 0 Å². The second-order valence-corrected chi connectivity index (χ2v) is 6.38. The molecule has 1 heterocycles. The van der Waals surface area contributed by atoms with Crippen molar-refractivity contribution in [2.45, 2.75) is 39.0 Å². The molecule has 0 aliphatic heterocycles. The highest BCUT2D eigenvalue weighted by molar-refractivity contribution is 14.0. The maximum atomic E-state index is 5.85. The number of guanidine groups is 1. The van der Waals surface area contributed by atoms with E-state index in [9.17, 15) is 0 Å². The molecule has 6 heteroatoms.